The molecule has 0 bridgehead atoms. The van der Waals surface area contributed by atoms with Crippen molar-refractivity contribution >= 4 is 11.8 Å². The van der Waals surface area contributed by atoms with E-state index < -0.39 is 0 Å². The summed E-state index contributed by atoms with van der Waals surface area (Å²) in [6, 6.07) is 22.2. The van der Waals surface area contributed by atoms with Crippen molar-refractivity contribution in [2.45, 2.75) is 24.4 Å². The smallest absolute Gasteiger partial charge is 0.0358 e. The summed E-state index contributed by atoms with van der Waals surface area (Å²) in [6.45, 7) is 4.23. The molecule has 1 aliphatic rings. The molecule has 2 nitrogen and oxygen atoms in total. The van der Waals surface area contributed by atoms with Crippen LogP contribution in [0, 0.1) is 0 Å². The van der Waals surface area contributed by atoms with Gasteiger partial charge in [0.15, 0.2) is 0 Å². The number of hydrogen-bond acceptors (Lipinski definition) is 3. The summed E-state index contributed by atoms with van der Waals surface area (Å²) in [7, 11) is 0. The predicted octanol–water partition coefficient (Wildman–Crippen LogP) is 3.39. The third-order valence-electron chi connectivity index (χ3n) is 4.36. The predicted molar refractivity (Wildman–Crippen MR) is 96.1 cm³/mol. The highest BCUT2D eigenvalue weighted by molar-refractivity contribution is 7.99. The first-order valence-electron chi connectivity index (χ1n) is 7.92. The topological polar surface area (TPSA) is 15.3 Å². The summed E-state index contributed by atoms with van der Waals surface area (Å²) >= 11 is 1.99. The minimum absolute atomic E-state index is 0.593. The van der Waals surface area contributed by atoms with E-state index in [9.17, 15) is 0 Å². The number of hydrogen-bond donors (Lipinski definition) is 1. The lowest BCUT2D eigenvalue weighted by molar-refractivity contribution is 0.193. The first kappa shape index (κ1) is 15.6. The fourth-order valence-corrected chi connectivity index (χ4v) is 4.04. The minimum Gasteiger partial charge on any atom is -0.314 e. The zero-order chi connectivity index (χ0) is 15.2. The molecule has 0 spiro atoms. The Balaban J connectivity index is 1.78. The lowest BCUT2D eigenvalue weighted by Gasteiger charge is -2.32. The maximum Gasteiger partial charge on any atom is 0.0358 e. The van der Waals surface area contributed by atoms with E-state index >= 15 is 0 Å². The molecule has 2 unspecified atom stereocenters. The van der Waals surface area contributed by atoms with Crippen LogP contribution in [0.15, 0.2) is 60.7 Å². The van der Waals surface area contributed by atoms with Crippen molar-refractivity contribution in [3.05, 3.63) is 71.8 Å². The molecule has 1 aliphatic heterocycles. The van der Waals surface area contributed by atoms with Crippen molar-refractivity contribution < 1.29 is 0 Å². The average molecular weight is 312 g/mol. The highest BCUT2D eigenvalue weighted by Crippen LogP contribution is 2.23. The highest BCUT2D eigenvalue weighted by atomic mass is 32.2. The van der Waals surface area contributed by atoms with E-state index in [-0.39, 0.29) is 0 Å². The Hall–Kier alpha value is -1.29. The number of benzene rings is 2. The summed E-state index contributed by atoms with van der Waals surface area (Å²) in [4.78, 5) is 2.63. The Labute approximate surface area is 137 Å². The van der Waals surface area contributed by atoms with Gasteiger partial charge in [-0.3, -0.25) is 4.90 Å². The summed E-state index contributed by atoms with van der Waals surface area (Å²) in [5.74, 6) is 0. The largest absolute Gasteiger partial charge is 0.314 e. The first-order chi connectivity index (χ1) is 10.9. The molecule has 0 amide bonds. The van der Waals surface area contributed by atoms with Crippen molar-refractivity contribution in [1.29, 1.82) is 0 Å². The third kappa shape index (κ3) is 3.92. The van der Waals surface area contributed by atoms with Gasteiger partial charge in [0.05, 0.1) is 0 Å². The maximum atomic E-state index is 3.56. The Bertz CT molecular complexity index is 517. The molecule has 0 aromatic heterocycles. The first-order valence-corrected chi connectivity index (χ1v) is 9.21. The molecular formula is C19H24N2S. The van der Waals surface area contributed by atoms with Gasteiger partial charge in [0.25, 0.3) is 0 Å². The molecule has 0 radical (unpaired) electrons. The van der Waals surface area contributed by atoms with Gasteiger partial charge in [-0.1, -0.05) is 60.7 Å². The minimum atomic E-state index is 0.593. The van der Waals surface area contributed by atoms with Crippen molar-refractivity contribution in [3.63, 3.8) is 0 Å². The van der Waals surface area contributed by atoms with Gasteiger partial charge in [0.1, 0.15) is 0 Å². The second-order valence-corrected chi connectivity index (χ2v) is 6.95. The normalized spacial score (nSPS) is 21.4. The van der Waals surface area contributed by atoms with Crippen molar-refractivity contribution in [2.75, 3.05) is 19.3 Å². The van der Waals surface area contributed by atoms with Crippen LogP contribution in [0.5, 0.6) is 0 Å². The molecule has 1 saturated heterocycles. The number of nitrogens with one attached hydrogen (secondary N) is 1. The molecule has 1 fully saturated rings. The summed E-state index contributed by atoms with van der Waals surface area (Å²) in [5.41, 5.74) is 2.79. The fraction of sp³-hybridized carbons (Fsp3) is 0.368. The number of thioether (sulfide) groups is 1. The van der Waals surface area contributed by atoms with E-state index in [1.807, 2.05) is 11.8 Å². The van der Waals surface area contributed by atoms with Gasteiger partial charge in [-0.25, -0.2) is 0 Å². The van der Waals surface area contributed by atoms with Crippen LogP contribution >= 0.6 is 11.8 Å². The van der Waals surface area contributed by atoms with Crippen LogP contribution in [-0.2, 0) is 13.1 Å². The fourth-order valence-electron chi connectivity index (χ4n) is 3.17. The quantitative estimate of drug-likeness (QED) is 0.880. The second kappa shape index (κ2) is 7.82. The van der Waals surface area contributed by atoms with Gasteiger partial charge in [0, 0.05) is 37.5 Å². The van der Waals surface area contributed by atoms with E-state index in [1.54, 1.807) is 0 Å². The lowest BCUT2D eigenvalue weighted by Crippen LogP contribution is -2.41. The van der Waals surface area contributed by atoms with Crippen LogP contribution in [-0.4, -0.2) is 35.5 Å². The van der Waals surface area contributed by atoms with Crippen LogP contribution in [0.4, 0.5) is 0 Å². The Kier molecular flexibility index (Phi) is 5.54. The van der Waals surface area contributed by atoms with Crippen LogP contribution in [0.25, 0.3) is 0 Å². The molecular weight excluding hydrogens is 288 g/mol. The molecule has 22 heavy (non-hydrogen) atoms. The van der Waals surface area contributed by atoms with Crippen LogP contribution in [0.2, 0.25) is 0 Å². The van der Waals surface area contributed by atoms with Gasteiger partial charge in [0.2, 0.25) is 0 Å². The summed E-state index contributed by atoms with van der Waals surface area (Å²) in [6.07, 6.45) is 2.23. The van der Waals surface area contributed by atoms with E-state index in [0.29, 0.717) is 11.3 Å². The summed E-state index contributed by atoms with van der Waals surface area (Å²) in [5, 5.41) is 4.24. The molecule has 1 heterocycles. The molecule has 2 atom stereocenters. The van der Waals surface area contributed by atoms with Crippen molar-refractivity contribution in [3.8, 4) is 0 Å². The van der Waals surface area contributed by atoms with Crippen LogP contribution in [0.1, 0.15) is 11.1 Å². The van der Waals surface area contributed by atoms with E-state index in [1.165, 1.54) is 11.1 Å². The van der Waals surface area contributed by atoms with Crippen molar-refractivity contribution in [2.24, 2.45) is 0 Å². The second-order valence-electron chi connectivity index (χ2n) is 5.88. The standard InChI is InChI=1S/C19H24N2S/c1-22-19-13-20-12-18(19)21(14-16-8-4-2-5-9-16)15-17-10-6-3-7-11-17/h2-11,18-20H,12-15H2,1H3. The van der Waals surface area contributed by atoms with Gasteiger partial charge in [-0.05, 0) is 17.4 Å². The Morgan fingerprint density at radius 1 is 0.909 bits per heavy atom. The Morgan fingerprint density at radius 3 is 1.95 bits per heavy atom. The zero-order valence-electron chi connectivity index (χ0n) is 13.1. The van der Waals surface area contributed by atoms with E-state index in [0.717, 1.165) is 26.2 Å². The maximum absolute atomic E-state index is 3.56. The average Bonchev–Trinajstić information content (AvgIpc) is 3.05. The van der Waals surface area contributed by atoms with Gasteiger partial charge < -0.3 is 5.32 Å². The number of nitrogens with zero attached hydrogens (tertiary/aromatic N) is 1. The highest BCUT2D eigenvalue weighted by Gasteiger charge is 2.31. The molecule has 3 rings (SSSR count). The molecule has 2 aromatic carbocycles. The van der Waals surface area contributed by atoms with E-state index in [2.05, 4.69) is 77.1 Å². The van der Waals surface area contributed by atoms with Gasteiger partial charge >= 0.3 is 0 Å². The third-order valence-corrected chi connectivity index (χ3v) is 5.44. The zero-order valence-corrected chi connectivity index (χ0v) is 13.9. The molecule has 1 N–H and O–H groups in total. The molecule has 0 aliphatic carbocycles. The molecule has 3 heteroatoms. The van der Waals surface area contributed by atoms with Crippen LogP contribution < -0.4 is 5.32 Å². The van der Waals surface area contributed by atoms with Crippen LogP contribution in [0.3, 0.4) is 0 Å². The van der Waals surface area contributed by atoms with E-state index in [4.69, 9.17) is 0 Å². The molecule has 0 saturated carbocycles. The monoisotopic (exact) mass is 312 g/mol. The summed E-state index contributed by atoms with van der Waals surface area (Å²) < 4.78 is 0. The lowest BCUT2D eigenvalue weighted by atomic mass is 10.1. The van der Waals surface area contributed by atoms with Crippen molar-refractivity contribution in [1.82, 2.24) is 10.2 Å². The Morgan fingerprint density at radius 2 is 1.45 bits per heavy atom. The molecule has 116 valence electrons. The van der Waals surface area contributed by atoms with Gasteiger partial charge in [-0.15, -0.1) is 0 Å². The van der Waals surface area contributed by atoms with Gasteiger partial charge in [-0.2, -0.15) is 11.8 Å². The molecule has 2 aromatic rings. The number of rotatable bonds is 6. The SMILES string of the molecule is CSC1CNCC1N(Cc1ccccc1)Cc1ccccc1.